The fourth-order valence-corrected chi connectivity index (χ4v) is 4.26. The minimum absolute atomic E-state index is 0.0941. The van der Waals surface area contributed by atoms with Crippen molar-refractivity contribution in [2.24, 2.45) is 5.73 Å². The first-order valence-corrected chi connectivity index (χ1v) is 10.6. The fourth-order valence-electron chi connectivity index (χ4n) is 4.15. The van der Waals surface area contributed by atoms with Gasteiger partial charge in [0.2, 0.25) is 5.88 Å². The third-order valence-electron chi connectivity index (χ3n) is 6.11. The summed E-state index contributed by atoms with van der Waals surface area (Å²) in [6.45, 7) is 0.782. The molecule has 160 valence electrons. The van der Waals surface area contributed by atoms with Gasteiger partial charge in [0.1, 0.15) is 22.8 Å². The molecule has 0 bridgehead atoms. The quantitative estimate of drug-likeness (QED) is 0.560. The van der Waals surface area contributed by atoms with E-state index in [0.717, 1.165) is 24.9 Å². The van der Waals surface area contributed by atoms with Crippen LogP contribution in [-0.2, 0) is 0 Å². The van der Waals surface area contributed by atoms with Crippen molar-refractivity contribution in [3.8, 4) is 22.9 Å². The van der Waals surface area contributed by atoms with E-state index in [2.05, 4.69) is 10.3 Å². The molecule has 31 heavy (non-hydrogen) atoms. The Morgan fingerprint density at radius 2 is 1.97 bits per heavy atom. The Kier molecular flexibility index (Phi) is 4.83. The largest absolute Gasteiger partial charge is 0.439 e. The van der Waals surface area contributed by atoms with E-state index in [1.165, 1.54) is 19.0 Å². The summed E-state index contributed by atoms with van der Waals surface area (Å²) in [7, 11) is 0. The zero-order valence-electron chi connectivity index (χ0n) is 16.8. The third-order valence-corrected chi connectivity index (χ3v) is 6.34. The molecule has 2 aliphatic rings. The number of primary amides is 1. The Hall–Kier alpha value is -3.10. The molecule has 1 aliphatic heterocycles. The lowest BCUT2D eigenvalue weighted by atomic mass is 9.99. The predicted molar refractivity (Wildman–Crippen MR) is 118 cm³/mol. The van der Waals surface area contributed by atoms with E-state index in [0.29, 0.717) is 33.7 Å². The van der Waals surface area contributed by atoms with Crippen LogP contribution in [0.1, 0.15) is 42.1 Å². The molecule has 2 fully saturated rings. The highest BCUT2D eigenvalue weighted by molar-refractivity contribution is 6.30. The molecule has 5 rings (SSSR count). The predicted octanol–water partition coefficient (Wildman–Crippen LogP) is 3.53. The lowest BCUT2D eigenvalue weighted by Gasteiger charge is -2.30. The molecule has 3 aromatic rings. The van der Waals surface area contributed by atoms with Gasteiger partial charge < -0.3 is 21.5 Å². The number of hydrogen-bond acceptors (Lipinski definition) is 6. The van der Waals surface area contributed by atoms with Crippen molar-refractivity contribution in [1.82, 2.24) is 20.1 Å². The Morgan fingerprint density at radius 1 is 1.19 bits per heavy atom. The molecule has 1 spiro atoms. The van der Waals surface area contributed by atoms with E-state index in [-0.39, 0.29) is 11.6 Å². The van der Waals surface area contributed by atoms with E-state index in [9.17, 15) is 4.79 Å². The summed E-state index contributed by atoms with van der Waals surface area (Å²) >= 11 is 5.85. The van der Waals surface area contributed by atoms with Gasteiger partial charge in [0.15, 0.2) is 0 Å². The van der Waals surface area contributed by atoms with Crippen LogP contribution in [-0.4, -0.2) is 32.8 Å². The molecule has 0 radical (unpaired) electrons. The number of ether oxygens (including phenoxy) is 1. The number of rotatable bonds is 5. The van der Waals surface area contributed by atoms with Crippen LogP contribution < -0.4 is 21.5 Å². The van der Waals surface area contributed by atoms with Crippen LogP contribution in [0.2, 0.25) is 5.02 Å². The van der Waals surface area contributed by atoms with Crippen molar-refractivity contribution in [2.45, 2.75) is 37.3 Å². The summed E-state index contributed by atoms with van der Waals surface area (Å²) in [4.78, 5) is 16.3. The highest BCUT2D eigenvalue weighted by Crippen LogP contribution is 2.44. The van der Waals surface area contributed by atoms with Gasteiger partial charge in [-0.1, -0.05) is 11.6 Å². The first-order valence-electron chi connectivity index (χ1n) is 10.3. The SMILES string of the molecule is NC(=O)c1c(-c2ccc(Oc3ccc(Cl)cn3)cc2)nn(C2CCC3(CC3)NC2)c1N. The number of pyridine rings is 1. The summed E-state index contributed by atoms with van der Waals surface area (Å²) in [6, 6.07) is 10.7. The molecule has 1 atom stereocenters. The molecule has 1 saturated heterocycles. The first kappa shape index (κ1) is 19.8. The molecule has 5 N–H and O–H groups in total. The average Bonchev–Trinajstić information content (AvgIpc) is 3.42. The van der Waals surface area contributed by atoms with Crippen molar-refractivity contribution >= 4 is 23.3 Å². The van der Waals surface area contributed by atoms with Gasteiger partial charge in [0, 0.05) is 29.9 Å². The number of carbonyl (C=O) groups excluding carboxylic acids is 1. The summed E-state index contributed by atoms with van der Waals surface area (Å²) in [5.41, 5.74) is 13.8. The monoisotopic (exact) mass is 438 g/mol. The third kappa shape index (κ3) is 3.84. The Bertz CT molecular complexity index is 1110. The normalized spacial score (nSPS) is 19.3. The fraction of sp³-hybridized carbons (Fsp3) is 0.318. The van der Waals surface area contributed by atoms with Crippen LogP contribution in [0.3, 0.4) is 0 Å². The number of nitrogens with two attached hydrogens (primary N) is 2. The molecule has 1 aromatic carbocycles. The molecule has 1 amide bonds. The second kappa shape index (κ2) is 7.55. The molecule has 2 aromatic heterocycles. The van der Waals surface area contributed by atoms with Crippen LogP contribution in [0.5, 0.6) is 11.6 Å². The van der Waals surface area contributed by atoms with E-state index in [1.54, 1.807) is 28.9 Å². The maximum Gasteiger partial charge on any atom is 0.254 e. The number of amides is 1. The number of nitrogen functional groups attached to an aromatic ring is 1. The molecule has 1 aliphatic carbocycles. The molecule has 1 saturated carbocycles. The van der Waals surface area contributed by atoms with Gasteiger partial charge in [-0.15, -0.1) is 0 Å². The lowest BCUT2D eigenvalue weighted by molar-refractivity contribution is 0.100. The van der Waals surface area contributed by atoms with Crippen LogP contribution in [0.4, 0.5) is 5.82 Å². The smallest absolute Gasteiger partial charge is 0.254 e. The van der Waals surface area contributed by atoms with Crippen molar-refractivity contribution in [2.75, 3.05) is 12.3 Å². The topological polar surface area (TPSA) is 121 Å². The summed E-state index contributed by atoms with van der Waals surface area (Å²) in [5, 5.41) is 8.85. The lowest BCUT2D eigenvalue weighted by Crippen LogP contribution is -2.42. The minimum Gasteiger partial charge on any atom is -0.439 e. The number of carbonyl (C=O) groups is 1. The Morgan fingerprint density at radius 3 is 2.55 bits per heavy atom. The molecule has 8 nitrogen and oxygen atoms in total. The van der Waals surface area contributed by atoms with Gasteiger partial charge in [-0.2, -0.15) is 5.10 Å². The molecular weight excluding hydrogens is 416 g/mol. The van der Waals surface area contributed by atoms with Gasteiger partial charge in [0.05, 0.1) is 11.1 Å². The zero-order valence-corrected chi connectivity index (χ0v) is 17.6. The molecular formula is C22H23ClN6O2. The number of benzene rings is 1. The van der Waals surface area contributed by atoms with Gasteiger partial charge >= 0.3 is 0 Å². The van der Waals surface area contributed by atoms with Crippen molar-refractivity contribution < 1.29 is 9.53 Å². The van der Waals surface area contributed by atoms with E-state index in [1.807, 2.05) is 12.1 Å². The van der Waals surface area contributed by atoms with Crippen LogP contribution in [0.25, 0.3) is 11.3 Å². The van der Waals surface area contributed by atoms with Gasteiger partial charge in [-0.05, 0) is 56.0 Å². The van der Waals surface area contributed by atoms with Crippen molar-refractivity contribution in [1.29, 1.82) is 0 Å². The van der Waals surface area contributed by atoms with Crippen molar-refractivity contribution in [3.63, 3.8) is 0 Å². The number of nitrogens with one attached hydrogen (secondary N) is 1. The number of aromatic nitrogens is 3. The maximum atomic E-state index is 12.2. The number of hydrogen-bond donors (Lipinski definition) is 3. The second-order valence-corrected chi connectivity index (χ2v) is 8.65. The first-order chi connectivity index (χ1) is 14.9. The summed E-state index contributed by atoms with van der Waals surface area (Å²) in [5.74, 6) is 0.748. The average molecular weight is 439 g/mol. The highest BCUT2D eigenvalue weighted by Gasteiger charge is 2.45. The number of halogens is 1. The second-order valence-electron chi connectivity index (χ2n) is 8.21. The Balaban J connectivity index is 1.41. The van der Waals surface area contributed by atoms with Crippen molar-refractivity contribution in [3.05, 3.63) is 53.2 Å². The van der Waals surface area contributed by atoms with Crippen LogP contribution >= 0.6 is 11.6 Å². The molecule has 3 heterocycles. The molecule has 9 heteroatoms. The maximum absolute atomic E-state index is 12.2. The zero-order chi connectivity index (χ0) is 21.6. The van der Waals surface area contributed by atoms with E-state index in [4.69, 9.17) is 32.9 Å². The number of nitrogens with zero attached hydrogens (tertiary/aromatic N) is 3. The van der Waals surface area contributed by atoms with E-state index >= 15 is 0 Å². The van der Waals surface area contributed by atoms with Gasteiger partial charge in [-0.25, -0.2) is 9.67 Å². The standard InChI is InChI=1S/C22H23ClN6O2/c23-14-3-6-17(26-11-14)31-16-4-1-13(2-5-16)19-18(21(25)30)20(24)29(28-19)15-7-8-22(9-10-22)27-12-15/h1-6,11,15,27H,7-10,12,24H2,(H2,25,30). The summed E-state index contributed by atoms with van der Waals surface area (Å²) < 4.78 is 7.48. The van der Waals surface area contributed by atoms with E-state index < -0.39 is 5.91 Å². The molecule has 1 unspecified atom stereocenters. The Labute approximate surface area is 184 Å². The van der Waals surface area contributed by atoms with Crippen LogP contribution in [0, 0.1) is 0 Å². The van der Waals surface area contributed by atoms with Crippen LogP contribution in [0.15, 0.2) is 42.6 Å². The van der Waals surface area contributed by atoms with Gasteiger partial charge in [0.25, 0.3) is 5.91 Å². The minimum atomic E-state index is -0.591. The number of anilines is 1. The number of piperidine rings is 1. The van der Waals surface area contributed by atoms with Gasteiger partial charge in [-0.3, -0.25) is 4.79 Å². The highest BCUT2D eigenvalue weighted by atomic mass is 35.5. The summed E-state index contributed by atoms with van der Waals surface area (Å²) in [6.07, 6.45) is 6.03.